The molecule has 2 aliphatic heterocycles. The highest BCUT2D eigenvalue weighted by molar-refractivity contribution is 7.80. The predicted octanol–water partition coefficient (Wildman–Crippen LogP) is -0.145. The lowest BCUT2D eigenvalue weighted by Crippen LogP contribution is -2.80. The number of fused-ring (bicyclic) bond motifs is 1. The third kappa shape index (κ3) is 6.77. The minimum atomic E-state index is -2.26. The first-order valence-corrected chi connectivity index (χ1v) is 13.4. The Morgan fingerprint density at radius 2 is 1.32 bits per heavy atom. The predicted molar refractivity (Wildman–Crippen MR) is 140 cm³/mol. The van der Waals surface area contributed by atoms with Gasteiger partial charge in [-0.25, -0.2) is 26.4 Å². The van der Waals surface area contributed by atoms with E-state index in [9.17, 15) is 28.8 Å². The molecule has 0 spiro atoms. The number of nitrogens with one attached hydrogen (secondary N) is 2. The zero-order valence-electron chi connectivity index (χ0n) is 20.3. The van der Waals surface area contributed by atoms with Crippen molar-refractivity contribution < 1.29 is 43.0 Å². The van der Waals surface area contributed by atoms with Crippen LogP contribution in [0, 0.1) is 6.57 Å². The molecule has 2 atom stereocenters. The lowest BCUT2D eigenvalue weighted by molar-refractivity contribution is -0.154. The smallest absolute Gasteiger partial charge is 0.428 e. The van der Waals surface area contributed by atoms with E-state index in [1.165, 1.54) is 0 Å². The first-order valence-electron chi connectivity index (χ1n) is 11.5. The lowest BCUT2D eigenvalue weighted by Gasteiger charge is -2.47. The van der Waals surface area contributed by atoms with Gasteiger partial charge in [0.2, 0.25) is 5.54 Å². The summed E-state index contributed by atoms with van der Waals surface area (Å²) in [7, 11) is 0. The summed E-state index contributed by atoms with van der Waals surface area (Å²) in [6.07, 6.45) is -0.358. The maximum Gasteiger partial charge on any atom is 0.428 e. The van der Waals surface area contributed by atoms with Gasteiger partial charge in [-0.05, 0) is 0 Å². The van der Waals surface area contributed by atoms with Gasteiger partial charge in [-0.1, -0.05) is 0 Å². The van der Waals surface area contributed by atoms with Gasteiger partial charge in [0, 0.05) is 23.7 Å². The highest BCUT2D eigenvalue weighted by Crippen LogP contribution is 2.41. The Bertz CT molecular complexity index is 994. The van der Waals surface area contributed by atoms with Crippen LogP contribution in [0.2, 0.25) is 0 Å². The summed E-state index contributed by atoms with van der Waals surface area (Å²) < 4.78 is 15.3. The molecule has 0 saturated carbocycles. The first-order chi connectivity index (χ1) is 18.1. The minimum Gasteiger partial charge on any atom is -0.466 e. The summed E-state index contributed by atoms with van der Waals surface area (Å²) in [4.78, 5) is 80.3. The monoisotopic (exact) mass is 591 g/mol. The molecule has 0 aromatic rings. The number of carbonyl (C=O) groups is 6. The van der Waals surface area contributed by atoms with E-state index < -0.39 is 53.7 Å². The van der Waals surface area contributed by atoms with E-state index in [-0.39, 0.29) is 69.3 Å². The average molecular weight is 592 g/mol. The van der Waals surface area contributed by atoms with Gasteiger partial charge >= 0.3 is 35.8 Å². The molecule has 2 heterocycles. The van der Waals surface area contributed by atoms with Crippen LogP contribution in [-0.2, 0) is 33.4 Å². The quantitative estimate of drug-likeness (QED) is 0.0754. The van der Waals surface area contributed by atoms with Crippen LogP contribution in [0.4, 0.5) is 9.59 Å². The Kier molecular flexibility index (Phi) is 11.9. The molecule has 14 nitrogen and oxygen atoms in total. The fourth-order valence-electron chi connectivity index (χ4n) is 3.97. The number of thiol groups is 3. The molecule has 0 aromatic carbocycles. The van der Waals surface area contributed by atoms with Crippen LogP contribution in [0.5, 0.6) is 0 Å². The number of hydrogen-bond acceptors (Lipinski definition) is 12. The van der Waals surface area contributed by atoms with E-state index >= 15 is 0 Å². The maximum atomic E-state index is 13.7. The van der Waals surface area contributed by atoms with Crippen LogP contribution in [0.15, 0.2) is 0 Å². The SMILES string of the molecule is [C-]#[N+]C12NC(=O)NC1(CCOC(=O)CCS)C(=O)N(CCOC(=O)CCS)C(=O)N2CCOC(=O)CCS. The third-order valence-corrected chi connectivity index (χ3v) is 6.35. The third-order valence-electron chi connectivity index (χ3n) is 5.68. The summed E-state index contributed by atoms with van der Waals surface area (Å²) in [6.45, 7) is 6.08. The molecule has 2 aliphatic rings. The Hall–Kier alpha value is -2.84. The average Bonchev–Trinajstić information content (AvgIpc) is 3.17. The van der Waals surface area contributed by atoms with Crippen molar-refractivity contribution in [3.8, 4) is 0 Å². The van der Waals surface area contributed by atoms with Crippen molar-refractivity contribution in [3.05, 3.63) is 11.4 Å². The van der Waals surface area contributed by atoms with Crippen molar-refractivity contribution in [2.45, 2.75) is 37.0 Å². The van der Waals surface area contributed by atoms with E-state index in [0.717, 1.165) is 9.80 Å². The highest BCUT2D eigenvalue weighted by Gasteiger charge is 2.78. The molecule has 2 rings (SSSR count). The molecule has 2 fully saturated rings. The molecule has 0 aliphatic carbocycles. The number of amides is 5. The molecule has 2 unspecified atom stereocenters. The van der Waals surface area contributed by atoms with Crippen LogP contribution in [0.3, 0.4) is 0 Å². The number of nitrogens with zero attached hydrogens (tertiary/aromatic N) is 3. The molecule has 2 N–H and O–H groups in total. The van der Waals surface area contributed by atoms with E-state index in [0.29, 0.717) is 0 Å². The Morgan fingerprint density at radius 1 is 0.816 bits per heavy atom. The molecule has 17 heteroatoms. The normalized spacial score (nSPS) is 22.2. The first kappa shape index (κ1) is 31.4. The van der Waals surface area contributed by atoms with Gasteiger partial charge in [-0.3, -0.25) is 28.9 Å². The number of imide groups is 1. The molecule has 2 saturated heterocycles. The molecule has 0 bridgehead atoms. The zero-order valence-corrected chi connectivity index (χ0v) is 23.0. The van der Waals surface area contributed by atoms with Crippen molar-refractivity contribution in [1.82, 2.24) is 20.4 Å². The standard InChI is InChI=1S/C21H29N5O9S3/c1-22-21-20(23-18(31)24-21,5-8-33-14(27)2-11-36)17(30)25(6-9-34-15(28)3-12-37)19(32)26(21)7-10-35-16(29)4-13-38/h36-38H,2-13H2,(H2,23,24,31). The zero-order chi connectivity index (χ0) is 28.3. The number of hydrogen-bond donors (Lipinski definition) is 5. The van der Waals surface area contributed by atoms with Crippen molar-refractivity contribution in [2.75, 3.05) is 50.2 Å². The van der Waals surface area contributed by atoms with Crippen molar-refractivity contribution >= 4 is 73.8 Å². The summed E-state index contributed by atoms with van der Waals surface area (Å²) in [5.74, 6) is -4.33. The Labute approximate surface area is 235 Å². The van der Waals surface area contributed by atoms with Gasteiger partial charge in [0.1, 0.15) is 13.2 Å². The summed E-state index contributed by atoms with van der Waals surface area (Å²) in [5.41, 5.74) is -2.08. The van der Waals surface area contributed by atoms with Gasteiger partial charge in [0.25, 0.3) is 5.91 Å². The van der Waals surface area contributed by atoms with Crippen LogP contribution >= 0.6 is 37.9 Å². The fourth-order valence-corrected chi connectivity index (χ4v) is 4.52. The highest BCUT2D eigenvalue weighted by atomic mass is 32.1. The number of carbonyl (C=O) groups excluding carboxylic acids is 6. The second-order valence-corrected chi connectivity index (χ2v) is 9.33. The summed E-state index contributed by atoms with van der Waals surface area (Å²) in [6, 6.07) is -1.89. The van der Waals surface area contributed by atoms with E-state index in [4.69, 9.17) is 20.8 Å². The molecule has 38 heavy (non-hydrogen) atoms. The summed E-state index contributed by atoms with van der Waals surface area (Å²) >= 11 is 11.9. The van der Waals surface area contributed by atoms with Gasteiger partial charge in [0.15, 0.2) is 0 Å². The van der Waals surface area contributed by atoms with Gasteiger partial charge in [0.05, 0.1) is 39.0 Å². The van der Waals surface area contributed by atoms with Crippen LogP contribution in [-0.4, -0.2) is 107 Å². The second-order valence-electron chi connectivity index (χ2n) is 7.99. The molecule has 5 amide bonds. The maximum absolute atomic E-state index is 13.7. The minimum absolute atomic E-state index is 0.00529. The molecule has 210 valence electrons. The number of esters is 3. The van der Waals surface area contributed by atoms with Crippen molar-refractivity contribution in [2.24, 2.45) is 0 Å². The lowest BCUT2D eigenvalue weighted by atomic mass is 9.83. The van der Waals surface area contributed by atoms with Gasteiger partial charge in [-0.15, -0.1) is 0 Å². The molecular weight excluding hydrogens is 562 g/mol. The van der Waals surface area contributed by atoms with Crippen LogP contribution in [0.1, 0.15) is 25.7 Å². The van der Waals surface area contributed by atoms with Crippen LogP contribution in [0.25, 0.3) is 4.85 Å². The van der Waals surface area contributed by atoms with Crippen LogP contribution < -0.4 is 10.6 Å². The van der Waals surface area contributed by atoms with Gasteiger partial charge < -0.3 is 19.5 Å². The fraction of sp³-hybridized carbons (Fsp3) is 0.667. The van der Waals surface area contributed by atoms with Crippen molar-refractivity contribution in [3.63, 3.8) is 0 Å². The molecule has 0 aromatic heterocycles. The largest absolute Gasteiger partial charge is 0.466 e. The summed E-state index contributed by atoms with van der Waals surface area (Å²) in [5, 5.41) is 4.81. The number of ether oxygens (including phenoxy) is 3. The van der Waals surface area contributed by atoms with Crippen molar-refractivity contribution in [1.29, 1.82) is 0 Å². The number of rotatable bonds is 15. The van der Waals surface area contributed by atoms with E-state index in [1.54, 1.807) is 0 Å². The number of urea groups is 2. The van der Waals surface area contributed by atoms with E-state index in [1.807, 2.05) is 0 Å². The Balaban J connectivity index is 2.40. The topological polar surface area (TPSA) is 165 Å². The van der Waals surface area contributed by atoms with E-state index in [2.05, 4.69) is 53.4 Å². The molecular formula is C21H29N5O9S3. The molecule has 0 radical (unpaired) electrons. The second kappa shape index (κ2) is 14.4. The Morgan fingerprint density at radius 3 is 1.82 bits per heavy atom. The van der Waals surface area contributed by atoms with Gasteiger partial charge in [-0.2, -0.15) is 37.9 Å².